The van der Waals surface area contributed by atoms with E-state index in [1.165, 1.54) is 0 Å². The third-order valence-electron chi connectivity index (χ3n) is 4.75. The van der Waals surface area contributed by atoms with E-state index in [0.717, 1.165) is 41.6 Å². The number of rotatable bonds is 2. The molecule has 5 heteroatoms. The van der Waals surface area contributed by atoms with Gasteiger partial charge in [-0.3, -0.25) is 14.8 Å². The predicted octanol–water partition coefficient (Wildman–Crippen LogP) is 3.55. The molecular weight excluding hydrogens is 302 g/mol. The molecule has 1 unspecified atom stereocenters. The summed E-state index contributed by atoms with van der Waals surface area (Å²) < 4.78 is 5.84. The number of piperidine rings is 1. The Morgan fingerprint density at radius 3 is 2.96 bits per heavy atom. The molecule has 0 aliphatic carbocycles. The van der Waals surface area contributed by atoms with Gasteiger partial charge in [-0.1, -0.05) is 18.2 Å². The van der Waals surface area contributed by atoms with Crippen LogP contribution in [0, 0.1) is 6.92 Å². The van der Waals surface area contributed by atoms with Crippen LogP contribution >= 0.6 is 0 Å². The Morgan fingerprint density at radius 2 is 2.17 bits per heavy atom. The summed E-state index contributed by atoms with van der Waals surface area (Å²) in [6, 6.07) is 7.77. The number of amides is 1. The molecule has 1 aliphatic heterocycles. The number of hydrogen-bond donors (Lipinski definition) is 0. The molecule has 0 N–H and O–H groups in total. The molecule has 3 heterocycles. The van der Waals surface area contributed by atoms with Crippen LogP contribution in [0.4, 0.5) is 0 Å². The predicted molar refractivity (Wildman–Crippen MR) is 90.9 cm³/mol. The lowest BCUT2D eigenvalue weighted by molar-refractivity contribution is 0.0675. The van der Waals surface area contributed by atoms with Crippen LogP contribution in [0.15, 0.2) is 47.3 Å². The Balaban J connectivity index is 1.60. The van der Waals surface area contributed by atoms with Crippen molar-refractivity contribution in [3.8, 4) is 0 Å². The fourth-order valence-corrected chi connectivity index (χ4v) is 3.45. The summed E-state index contributed by atoms with van der Waals surface area (Å²) in [4.78, 5) is 23.4. The first-order valence-corrected chi connectivity index (χ1v) is 8.27. The van der Waals surface area contributed by atoms with Gasteiger partial charge < -0.3 is 9.32 Å². The van der Waals surface area contributed by atoms with E-state index >= 15 is 0 Å². The summed E-state index contributed by atoms with van der Waals surface area (Å²) in [6.45, 7) is 3.36. The smallest absolute Gasteiger partial charge is 0.289 e. The molecule has 1 aliphatic rings. The average molecular weight is 321 g/mol. The van der Waals surface area contributed by atoms with Crippen molar-refractivity contribution in [2.24, 2.45) is 0 Å². The number of para-hydroxylation sites is 1. The maximum absolute atomic E-state index is 13.0. The normalized spacial score (nSPS) is 18.0. The highest BCUT2D eigenvalue weighted by atomic mass is 16.3. The van der Waals surface area contributed by atoms with Gasteiger partial charge in [-0.2, -0.15) is 0 Å². The monoisotopic (exact) mass is 321 g/mol. The van der Waals surface area contributed by atoms with Gasteiger partial charge in [0.2, 0.25) is 0 Å². The number of aryl methyl sites for hydroxylation is 1. The first kappa shape index (κ1) is 14.9. The molecule has 5 nitrogen and oxygen atoms in total. The van der Waals surface area contributed by atoms with Crippen molar-refractivity contribution in [1.29, 1.82) is 0 Å². The minimum atomic E-state index is -0.0303. The molecule has 0 spiro atoms. The first-order chi connectivity index (χ1) is 11.7. The minimum Gasteiger partial charge on any atom is -0.451 e. The molecule has 1 amide bonds. The second-order valence-electron chi connectivity index (χ2n) is 6.27. The minimum absolute atomic E-state index is 0.0303. The Bertz CT molecular complexity index is 873. The fourth-order valence-electron chi connectivity index (χ4n) is 3.45. The quantitative estimate of drug-likeness (QED) is 0.724. The van der Waals surface area contributed by atoms with Crippen LogP contribution in [0.3, 0.4) is 0 Å². The molecule has 122 valence electrons. The van der Waals surface area contributed by atoms with Crippen LogP contribution in [0.1, 0.15) is 40.6 Å². The highest BCUT2D eigenvalue weighted by Gasteiger charge is 2.29. The zero-order chi connectivity index (χ0) is 16.5. The molecule has 1 fully saturated rings. The molecule has 24 heavy (non-hydrogen) atoms. The van der Waals surface area contributed by atoms with Crippen LogP contribution in [0.5, 0.6) is 0 Å². The van der Waals surface area contributed by atoms with Crippen molar-refractivity contribution in [2.45, 2.75) is 25.7 Å². The number of carbonyl (C=O) groups is 1. The third-order valence-corrected chi connectivity index (χ3v) is 4.75. The summed E-state index contributed by atoms with van der Waals surface area (Å²) in [5.41, 5.74) is 2.63. The maximum Gasteiger partial charge on any atom is 0.289 e. The molecular formula is C19H19N3O2. The number of furan rings is 1. The topological polar surface area (TPSA) is 59.2 Å². The lowest BCUT2D eigenvalue weighted by atomic mass is 9.94. The molecule has 0 bridgehead atoms. The molecule has 0 saturated carbocycles. The second kappa shape index (κ2) is 6.07. The highest BCUT2D eigenvalue weighted by Crippen LogP contribution is 2.29. The van der Waals surface area contributed by atoms with Gasteiger partial charge in [0.05, 0.1) is 5.69 Å². The van der Waals surface area contributed by atoms with E-state index in [1.54, 1.807) is 18.6 Å². The van der Waals surface area contributed by atoms with E-state index in [4.69, 9.17) is 4.42 Å². The zero-order valence-electron chi connectivity index (χ0n) is 13.6. The SMILES string of the molecule is Cc1c(C(=O)N2CCCC(c3cnccn3)C2)oc2ccccc12. The molecule has 4 rings (SSSR count). The molecule has 1 atom stereocenters. The number of benzene rings is 1. The van der Waals surface area contributed by atoms with Gasteiger partial charge in [0.15, 0.2) is 5.76 Å². The van der Waals surface area contributed by atoms with Gasteiger partial charge in [-0.05, 0) is 25.8 Å². The van der Waals surface area contributed by atoms with Crippen LogP contribution in [-0.4, -0.2) is 33.9 Å². The van der Waals surface area contributed by atoms with E-state index < -0.39 is 0 Å². The number of hydrogen-bond acceptors (Lipinski definition) is 4. The van der Waals surface area contributed by atoms with Crippen molar-refractivity contribution in [2.75, 3.05) is 13.1 Å². The van der Waals surface area contributed by atoms with Crippen molar-refractivity contribution in [3.63, 3.8) is 0 Å². The molecule has 0 radical (unpaired) electrons. The second-order valence-corrected chi connectivity index (χ2v) is 6.27. The lowest BCUT2D eigenvalue weighted by Crippen LogP contribution is -2.39. The van der Waals surface area contributed by atoms with E-state index in [-0.39, 0.29) is 11.8 Å². The van der Waals surface area contributed by atoms with Crippen LogP contribution in [0.2, 0.25) is 0 Å². The van der Waals surface area contributed by atoms with Crippen LogP contribution < -0.4 is 0 Å². The average Bonchev–Trinajstić information content (AvgIpc) is 2.99. The number of fused-ring (bicyclic) bond motifs is 1. The number of carbonyl (C=O) groups excluding carboxylic acids is 1. The molecule has 1 aromatic carbocycles. The van der Waals surface area contributed by atoms with Crippen molar-refractivity contribution >= 4 is 16.9 Å². The van der Waals surface area contributed by atoms with Gasteiger partial charge >= 0.3 is 0 Å². The van der Waals surface area contributed by atoms with Gasteiger partial charge in [0.1, 0.15) is 5.58 Å². The maximum atomic E-state index is 13.0. The van der Waals surface area contributed by atoms with Gasteiger partial charge in [0.25, 0.3) is 5.91 Å². The summed E-state index contributed by atoms with van der Waals surface area (Å²) in [7, 11) is 0. The van der Waals surface area contributed by atoms with Crippen LogP contribution in [0.25, 0.3) is 11.0 Å². The largest absolute Gasteiger partial charge is 0.451 e. The highest BCUT2D eigenvalue weighted by molar-refractivity contribution is 5.99. The fraction of sp³-hybridized carbons (Fsp3) is 0.316. The van der Waals surface area contributed by atoms with Crippen LogP contribution in [-0.2, 0) is 0 Å². The Hall–Kier alpha value is -2.69. The van der Waals surface area contributed by atoms with Gasteiger partial charge in [0, 0.05) is 48.5 Å². The van der Waals surface area contributed by atoms with E-state index in [9.17, 15) is 4.79 Å². The molecule has 3 aromatic rings. The Labute approximate surface area is 140 Å². The van der Waals surface area contributed by atoms with E-state index in [2.05, 4.69) is 9.97 Å². The number of nitrogens with zero attached hydrogens (tertiary/aromatic N) is 3. The standard InChI is InChI=1S/C19H19N3O2/c1-13-15-6-2-3-7-17(15)24-18(13)19(23)22-10-4-5-14(12-22)16-11-20-8-9-21-16/h2-3,6-9,11,14H,4-5,10,12H2,1H3. The Kier molecular flexibility index (Phi) is 3.76. The first-order valence-electron chi connectivity index (χ1n) is 8.27. The summed E-state index contributed by atoms with van der Waals surface area (Å²) >= 11 is 0. The number of likely N-dealkylation sites (tertiary alicyclic amines) is 1. The van der Waals surface area contributed by atoms with E-state index in [0.29, 0.717) is 12.3 Å². The van der Waals surface area contributed by atoms with Crippen molar-refractivity contribution < 1.29 is 9.21 Å². The van der Waals surface area contributed by atoms with E-state index in [1.807, 2.05) is 36.1 Å². The summed E-state index contributed by atoms with van der Waals surface area (Å²) in [5, 5.41) is 1.00. The van der Waals surface area contributed by atoms with Crippen molar-refractivity contribution in [3.05, 3.63) is 59.9 Å². The molecule has 2 aromatic heterocycles. The zero-order valence-corrected chi connectivity index (χ0v) is 13.6. The summed E-state index contributed by atoms with van der Waals surface area (Å²) in [6.07, 6.45) is 7.17. The summed E-state index contributed by atoms with van der Waals surface area (Å²) in [5.74, 6) is 0.661. The van der Waals surface area contributed by atoms with Crippen molar-refractivity contribution in [1.82, 2.24) is 14.9 Å². The van der Waals surface area contributed by atoms with Gasteiger partial charge in [-0.25, -0.2) is 0 Å². The third kappa shape index (κ3) is 2.56. The Morgan fingerprint density at radius 1 is 1.29 bits per heavy atom. The lowest BCUT2D eigenvalue weighted by Gasteiger charge is -2.31. The van der Waals surface area contributed by atoms with Gasteiger partial charge in [-0.15, -0.1) is 0 Å². The molecule has 1 saturated heterocycles. The number of aromatic nitrogens is 2.